The minimum atomic E-state index is -0.903. The number of ether oxygens (including phenoxy) is 1. The fraction of sp³-hybridized carbons (Fsp3) is 0.500. The standard InChI is InChI=1S/C26H31N3O2/c30-26(19-29-14-9-22(26)10-15-29)13-8-21-6-7-25(27-23-11-16-31-17-12-23)28-24(21)18-20-4-2-1-3-5-20/h1-7,22-23,30H,9-12,14-19H2,(H,27,28). The normalized spacial score (nSPS) is 28.0. The molecule has 1 aromatic carbocycles. The summed E-state index contributed by atoms with van der Waals surface area (Å²) in [5, 5.41) is 14.8. The second-order valence-electron chi connectivity index (χ2n) is 9.11. The number of anilines is 1. The monoisotopic (exact) mass is 417 g/mol. The predicted molar refractivity (Wildman–Crippen MR) is 122 cm³/mol. The average Bonchev–Trinajstić information content (AvgIpc) is 2.81. The zero-order chi connectivity index (χ0) is 21.1. The van der Waals surface area contributed by atoms with Crippen molar-refractivity contribution in [3.05, 3.63) is 59.3 Å². The number of pyridine rings is 1. The first-order valence-electron chi connectivity index (χ1n) is 11.5. The van der Waals surface area contributed by atoms with Gasteiger partial charge in [0.05, 0.1) is 5.69 Å². The van der Waals surface area contributed by atoms with Crippen molar-refractivity contribution in [1.82, 2.24) is 9.88 Å². The van der Waals surface area contributed by atoms with Crippen molar-refractivity contribution in [2.45, 2.75) is 43.7 Å². The molecule has 0 amide bonds. The molecule has 2 bridgehead atoms. The number of aliphatic hydroxyl groups is 1. The van der Waals surface area contributed by atoms with E-state index in [1.54, 1.807) is 0 Å². The highest BCUT2D eigenvalue weighted by molar-refractivity contribution is 5.48. The molecule has 0 spiro atoms. The first-order valence-corrected chi connectivity index (χ1v) is 11.5. The molecule has 2 N–H and O–H groups in total. The molecule has 5 heterocycles. The van der Waals surface area contributed by atoms with Crippen LogP contribution in [0, 0.1) is 17.8 Å². The quantitative estimate of drug-likeness (QED) is 0.749. The van der Waals surface area contributed by atoms with Crippen LogP contribution in [0.2, 0.25) is 0 Å². The topological polar surface area (TPSA) is 57.6 Å². The zero-order valence-corrected chi connectivity index (χ0v) is 18.0. The SMILES string of the molecule is OC1(C#Cc2ccc(NC3CCOCC3)nc2Cc2ccccc2)CN2CCC1CC2. The van der Waals surface area contributed by atoms with Gasteiger partial charge in [-0.25, -0.2) is 4.98 Å². The Labute approximate surface area is 184 Å². The Balaban J connectivity index is 1.42. The number of hydrogen-bond acceptors (Lipinski definition) is 5. The van der Waals surface area contributed by atoms with Crippen molar-refractivity contribution in [1.29, 1.82) is 0 Å². The smallest absolute Gasteiger partial charge is 0.141 e. The average molecular weight is 418 g/mol. The van der Waals surface area contributed by atoms with Crippen molar-refractivity contribution >= 4 is 5.82 Å². The van der Waals surface area contributed by atoms with Gasteiger partial charge in [0.25, 0.3) is 0 Å². The van der Waals surface area contributed by atoms with Crippen molar-refractivity contribution in [3.63, 3.8) is 0 Å². The van der Waals surface area contributed by atoms with Gasteiger partial charge in [-0.2, -0.15) is 0 Å². The molecule has 0 aliphatic carbocycles. The highest BCUT2D eigenvalue weighted by atomic mass is 16.5. The predicted octanol–water partition coefficient (Wildman–Crippen LogP) is 3.07. The maximum Gasteiger partial charge on any atom is 0.141 e. The maximum atomic E-state index is 11.2. The molecular weight excluding hydrogens is 386 g/mol. The molecular formula is C26H31N3O2. The molecule has 6 rings (SSSR count). The summed E-state index contributed by atoms with van der Waals surface area (Å²) in [6.07, 6.45) is 4.80. The minimum absolute atomic E-state index is 0.282. The van der Waals surface area contributed by atoms with Gasteiger partial charge in [0.2, 0.25) is 0 Å². The number of hydrogen-bond donors (Lipinski definition) is 2. The van der Waals surface area contributed by atoms with Gasteiger partial charge in [0.1, 0.15) is 11.4 Å². The van der Waals surface area contributed by atoms with E-state index in [1.165, 1.54) is 5.56 Å². The highest BCUT2D eigenvalue weighted by Gasteiger charge is 2.44. The summed E-state index contributed by atoms with van der Waals surface area (Å²) in [5.41, 5.74) is 2.18. The van der Waals surface area contributed by atoms with Crippen LogP contribution in [0.1, 0.15) is 42.5 Å². The second-order valence-corrected chi connectivity index (χ2v) is 9.11. The van der Waals surface area contributed by atoms with E-state index in [2.05, 4.69) is 52.4 Å². The Morgan fingerprint density at radius 3 is 2.55 bits per heavy atom. The molecule has 4 aliphatic rings. The zero-order valence-electron chi connectivity index (χ0n) is 18.0. The third-order valence-electron chi connectivity index (χ3n) is 6.90. The number of nitrogens with one attached hydrogen (secondary N) is 1. The van der Waals surface area contributed by atoms with E-state index in [4.69, 9.17) is 9.72 Å². The van der Waals surface area contributed by atoms with Crippen molar-refractivity contribution < 1.29 is 9.84 Å². The fourth-order valence-electron chi connectivity index (χ4n) is 5.03. The third kappa shape index (κ3) is 4.77. The Morgan fingerprint density at radius 1 is 1.06 bits per heavy atom. The van der Waals surface area contributed by atoms with Crippen LogP contribution in [0.5, 0.6) is 0 Å². The van der Waals surface area contributed by atoms with Crippen LogP contribution in [-0.4, -0.2) is 59.5 Å². The van der Waals surface area contributed by atoms with Crippen molar-refractivity contribution in [2.75, 3.05) is 38.2 Å². The van der Waals surface area contributed by atoms with Crippen LogP contribution in [0.3, 0.4) is 0 Å². The number of benzene rings is 1. The number of piperidine rings is 3. The molecule has 5 heteroatoms. The minimum Gasteiger partial charge on any atom is -0.381 e. The van der Waals surface area contributed by atoms with Gasteiger partial charge in [0.15, 0.2) is 0 Å². The number of aromatic nitrogens is 1. The number of fused-ring (bicyclic) bond motifs is 3. The molecule has 4 saturated heterocycles. The fourth-order valence-corrected chi connectivity index (χ4v) is 5.03. The summed E-state index contributed by atoms with van der Waals surface area (Å²) in [7, 11) is 0. The molecule has 162 valence electrons. The van der Waals surface area contributed by atoms with Crippen molar-refractivity contribution in [3.8, 4) is 11.8 Å². The highest BCUT2D eigenvalue weighted by Crippen LogP contribution is 2.35. The van der Waals surface area contributed by atoms with Crippen LogP contribution >= 0.6 is 0 Å². The van der Waals surface area contributed by atoms with Crippen LogP contribution in [0.25, 0.3) is 0 Å². The van der Waals surface area contributed by atoms with Gasteiger partial charge in [-0.05, 0) is 56.5 Å². The van der Waals surface area contributed by atoms with E-state index in [-0.39, 0.29) is 5.92 Å². The summed E-state index contributed by atoms with van der Waals surface area (Å²) in [6, 6.07) is 14.9. The van der Waals surface area contributed by atoms with E-state index in [0.717, 1.165) is 75.5 Å². The summed E-state index contributed by atoms with van der Waals surface area (Å²) in [5.74, 6) is 7.76. The van der Waals surface area contributed by atoms with E-state index in [0.29, 0.717) is 12.6 Å². The van der Waals surface area contributed by atoms with Gasteiger partial charge in [-0.3, -0.25) is 4.90 Å². The van der Waals surface area contributed by atoms with Crippen LogP contribution < -0.4 is 5.32 Å². The van der Waals surface area contributed by atoms with Gasteiger partial charge < -0.3 is 15.2 Å². The van der Waals surface area contributed by atoms with Crippen LogP contribution in [0.15, 0.2) is 42.5 Å². The van der Waals surface area contributed by atoms with E-state index in [1.807, 2.05) is 12.1 Å². The largest absolute Gasteiger partial charge is 0.381 e. The summed E-state index contributed by atoms with van der Waals surface area (Å²) in [6.45, 7) is 4.43. The molecule has 0 radical (unpaired) electrons. The van der Waals surface area contributed by atoms with Crippen LogP contribution in [-0.2, 0) is 11.2 Å². The molecule has 1 unspecified atom stereocenters. The molecule has 0 saturated carbocycles. The summed E-state index contributed by atoms with van der Waals surface area (Å²) < 4.78 is 5.47. The van der Waals surface area contributed by atoms with E-state index >= 15 is 0 Å². The molecule has 5 nitrogen and oxygen atoms in total. The Kier molecular flexibility index (Phi) is 5.95. The molecule has 1 aromatic heterocycles. The lowest BCUT2D eigenvalue weighted by molar-refractivity contribution is -0.0713. The lowest BCUT2D eigenvalue weighted by Crippen LogP contribution is -2.58. The Bertz CT molecular complexity index is 954. The Morgan fingerprint density at radius 2 is 1.84 bits per heavy atom. The van der Waals surface area contributed by atoms with Gasteiger partial charge in [0, 0.05) is 43.7 Å². The maximum absolute atomic E-state index is 11.2. The molecule has 2 aromatic rings. The van der Waals surface area contributed by atoms with E-state index in [9.17, 15) is 5.11 Å². The Hall–Kier alpha value is -2.39. The van der Waals surface area contributed by atoms with Crippen LogP contribution in [0.4, 0.5) is 5.82 Å². The summed E-state index contributed by atoms with van der Waals surface area (Å²) in [4.78, 5) is 7.28. The van der Waals surface area contributed by atoms with Gasteiger partial charge in [-0.1, -0.05) is 42.2 Å². The first-order chi connectivity index (χ1) is 15.2. The summed E-state index contributed by atoms with van der Waals surface area (Å²) >= 11 is 0. The molecule has 1 atom stereocenters. The van der Waals surface area contributed by atoms with E-state index < -0.39 is 5.60 Å². The number of rotatable bonds is 4. The lowest BCUT2D eigenvalue weighted by Gasteiger charge is -2.47. The molecule has 4 aliphatic heterocycles. The third-order valence-corrected chi connectivity index (χ3v) is 6.90. The second kappa shape index (κ2) is 9.00. The van der Waals surface area contributed by atoms with Gasteiger partial charge >= 0.3 is 0 Å². The van der Waals surface area contributed by atoms with Gasteiger partial charge in [-0.15, -0.1) is 0 Å². The molecule has 4 fully saturated rings. The molecule has 31 heavy (non-hydrogen) atoms. The number of nitrogens with zero attached hydrogens (tertiary/aromatic N) is 2. The lowest BCUT2D eigenvalue weighted by atomic mass is 9.75. The van der Waals surface area contributed by atoms with Crippen molar-refractivity contribution in [2.24, 2.45) is 5.92 Å². The first kappa shape index (κ1) is 20.5.